The molecule has 0 bridgehead atoms. The molecule has 3 amide bonds. The Morgan fingerprint density at radius 1 is 0.614 bits per heavy atom. The highest BCUT2D eigenvalue weighted by atomic mass is 32.2. The first-order chi connectivity index (χ1) is 20.8. The van der Waals surface area contributed by atoms with Gasteiger partial charge in [0, 0.05) is 27.9 Å². The summed E-state index contributed by atoms with van der Waals surface area (Å²) in [5.41, 5.74) is -2.28. The molecule has 15 atom stereocenters. The molecule has 3 aliphatic heterocycles. The summed E-state index contributed by atoms with van der Waals surface area (Å²) in [6.07, 6.45) is -10.4. The molecule has 0 spiro atoms. The third-order valence-corrected chi connectivity index (χ3v) is 10.7. The van der Waals surface area contributed by atoms with Gasteiger partial charge in [0.2, 0.25) is 17.7 Å². The molecule has 0 aromatic carbocycles. The summed E-state index contributed by atoms with van der Waals surface area (Å²) in [6, 6.07) is -3.40. The molecule has 3 heterocycles. The van der Waals surface area contributed by atoms with Crippen molar-refractivity contribution in [1.29, 1.82) is 0 Å². The zero-order valence-corrected chi connectivity index (χ0v) is 26.2. The van der Waals surface area contributed by atoms with Crippen LogP contribution in [0.5, 0.6) is 0 Å². The highest BCUT2D eigenvalue weighted by Gasteiger charge is 2.54. The lowest BCUT2D eigenvalue weighted by atomic mass is 9.98. The maximum Gasteiger partial charge on any atom is 0.217 e. The lowest BCUT2D eigenvalue weighted by molar-refractivity contribution is -0.223. The van der Waals surface area contributed by atoms with Crippen molar-refractivity contribution in [2.24, 2.45) is 0 Å². The lowest BCUT2D eigenvalue weighted by Gasteiger charge is -2.49. The first-order valence-electron chi connectivity index (χ1n) is 13.9. The molecule has 10 N–H and O–H groups in total. The van der Waals surface area contributed by atoms with Crippen LogP contribution in [0.1, 0.15) is 20.8 Å². The minimum Gasteiger partial charge on any atom is -0.394 e. The predicted octanol–water partition coefficient (Wildman–Crippen LogP) is -5.05. The SMILES string of the molecule is CO[C@@H]1O[C@H](CO)[C@@H](S[C@@H]2O[C@H](CO)[C@@H](S[C@@H]3O[C@H](CO)[C@@H](O)[C@H](O)[C@H]3NC(C)=O)[C@H](O)[C@H]2NC(C)=O)[C@H](O)[C@H]1NC(C)=O. The Hall–Kier alpha value is -1.33. The van der Waals surface area contributed by atoms with Crippen molar-refractivity contribution in [3.63, 3.8) is 0 Å². The second-order valence-electron chi connectivity index (χ2n) is 10.8. The van der Waals surface area contributed by atoms with Gasteiger partial charge in [-0.15, -0.1) is 23.5 Å². The summed E-state index contributed by atoms with van der Waals surface area (Å²) in [5, 5.41) is 79.6. The van der Waals surface area contributed by atoms with Crippen molar-refractivity contribution in [1.82, 2.24) is 16.0 Å². The highest BCUT2D eigenvalue weighted by Crippen LogP contribution is 2.42. The molecule has 0 aromatic rings. The van der Waals surface area contributed by atoms with E-state index in [1.54, 1.807) is 0 Å². The van der Waals surface area contributed by atoms with E-state index in [9.17, 15) is 50.1 Å². The van der Waals surface area contributed by atoms with Crippen LogP contribution in [-0.2, 0) is 33.3 Å². The van der Waals surface area contributed by atoms with Crippen LogP contribution in [0.3, 0.4) is 0 Å². The van der Waals surface area contributed by atoms with E-state index in [1.165, 1.54) is 27.9 Å². The van der Waals surface area contributed by atoms with Crippen LogP contribution in [0.2, 0.25) is 0 Å². The van der Waals surface area contributed by atoms with Crippen molar-refractivity contribution in [2.75, 3.05) is 26.9 Å². The minimum absolute atomic E-state index is 0.477. The van der Waals surface area contributed by atoms with Gasteiger partial charge in [-0.25, -0.2) is 0 Å². The molecule has 0 radical (unpaired) electrons. The van der Waals surface area contributed by atoms with Gasteiger partial charge >= 0.3 is 0 Å². The van der Waals surface area contributed by atoms with Crippen molar-refractivity contribution in [3.05, 3.63) is 0 Å². The van der Waals surface area contributed by atoms with E-state index in [4.69, 9.17) is 18.9 Å². The number of hydrogen-bond donors (Lipinski definition) is 10. The number of hydrogen-bond acceptors (Lipinski definition) is 16. The van der Waals surface area contributed by atoms with Crippen molar-refractivity contribution in [3.8, 4) is 0 Å². The number of amides is 3. The molecule has 3 saturated heterocycles. The number of carbonyl (C=O) groups excluding carboxylic acids is 3. The van der Waals surface area contributed by atoms with E-state index in [1.807, 2.05) is 0 Å². The van der Waals surface area contributed by atoms with Gasteiger partial charge in [0.1, 0.15) is 35.2 Å². The second kappa shape index (κ2) is 16.5. The summed E-state index contributed by atoms with van der Waals surface area (Å²) >= 11 is 1.77. The van der Waals surface area contributed by atoms with Crippen LogP contribution in [0, 0.1) is 0 Å². The zero-order valence-electron chi connectivity index (χ0n) is 24.6. The lowest BCUT2D eigenvalue weighted by Crippen LogP contribution is -2.67. The van der Waals surface area contributed by atoms with Gasteiger partial charge < -0.3 is 70.6 Å². The quantitative estimate of drug-likeness (QED) is 0.0983. The predicted molar refractivity (Wildman–Crippen MR) is 154 cm³/mol. The van der Waals surface area contributed by atoms with Crippen LogP contribution in [-0.4, -0.2) is 169 Å². The fourth-order valence-electron chi connectivity index (χ4n) is 5.46. The molecule has 19 heteroatoms. The van der Waals surface area contributed by atoms with E-state index >= 15 is 0 Å². The molecule has 3 fully saturated rings. The Balaban J connectivity index is 1.90. The second-order valence-corrected chi connectivity index (χ2v) is 13.3. The van der Waals surface area contributed by atoms with Crippen LogP contribution in [0.4, 0.5) is 0 Å². The molecule has 3 rings (SSSR count). The maximum atomic E-state index is 12.2. The van der Waals surface area contributed by atoms with Crippen LogP contribution in [0.25, 0.3) is 0 Å². The van der Waals surface area contributed by atoms with Crippen LogP contribution in [0.15, 0.2) is 0 Å². The number of methoxy groups -OCH3 is 1. The van der Waals surface area contributed by atoms with Gasteiger partial charge in [-0.1, -0.05) is 0 Å². The smallest absolute Gasteiger partial charge is 0.217 e. The highest BCUT2D eigenvalue weighted by molar-refractivity contribution is 8.01. The fraction of sp³-hybridized carbons (Fsp3) is 0.880. The van der Waals surface area contributed by atoms with Crippen molar-refractivity contribution < 1.29 is 69.1 Å². The monoisotopic (exact) mass is 673 g/mol. The standard InChI is InChI=1S/C25H43N3O14S2/c1-8(32)26-14-19(37)21(12(6-30)40-23(14)39-4)43-25-16(28-10(3)34)20(38)22(13(7-31)42-25)44-24-15(27-9(2)33)18(36)17(35)11(5-29)41-24/h11-25,29-31,35-38H,5-7H2,1-4H3,(H,26,32)(H,27,33)(H,28,34)/t11-,12-,13-,14-,15-,16-,17-,18-,19-,20-,21-,22-,23-,24+,25+/m1/s1. The first-order valence-corrected chi connectivity index (χ1v) is 15.8. The molecular weight excluding hydrogens is 630 g/mol. The van der Waals surface area contributed by atoms with Crippen LogP contribution < -0.4 is 16.0 Å². The van der Waals surface area contributed by atoms with Gasteiger partial charge in [-0.05, 0) is 0 Å². The number of carbonyl (C=O) groups is 3. The zero-order chi connectivity index (χ0) is 32.9. The Morgan fingerprint density at radius 3 is 1.43 bits per heavy atom. The van der Waals surface area contributed by atoms with E-state index in [0.29, 0.717) is 0 Å². The normalized spacial score (nSPS) is 42.8. The fourth-order valence-corrected chi connectivity index (χ4v) is 8.60. The number of aliphatic hydroxyl groups excluding tert-OH is 7. The summed E-state index contributed by atoms with van der Waals surface area (Å²) in [5.74, 6) is -1.58. The van der Waals surface area contributed by atoms with Gasteiger partial charge in [0.25, 0.3) is 0 Å². The molecule has 0 aromatic heterocycles. The summed E-state index contributed by atoms with van der Waals surface area (Å²) in [6.45, 7) is 1.78. The molecule has 44 heavy (non-hydrogen) atoms. The minimum atomic E-state index is -1.55. The number of nitrogens with one attached hydrogen (secondary N) is 3. The van der Waals surface area contributed by atoms with Gasteiger partial charge in [0.15, 0.2) is 6.29 Å². The Bertz CT molecular complexity index is 986. The number of thioether (sulfide) groups is 2. The number of aliphatic hydroxyl groups is 7. The Kier molecular flexibility index (Phi) is 13.9. The van der Waals surface area contributed by atoms with E-state index < -0.39 is 126 Å². The van der Waals surface area contributed by atoms with Crippen LogP contribution >= 0.6 is 23.5 Å². The van der Waals surface area contributed by atoms with E-state index in [-0.39, 0.29) is 0 Å². The van der Waals surface area contributed by atoms with Crippen molar-refractivity contribution >= 4 is 41.2 Å². The molecule has 0 saturated carbocycles. The van der Waals surface area contributed by atoms with Gasteiger partial charge in [0.05, 0.1) is 66.8 Å². The molecule has 3 aliphatic rings. The summed E-state index contributed by atoms with van der Waals surface area (Å²) in [4.78, 5) is 35.9. The van der Waals surface area contributed by atoms with E-state index in [0.717, 1.165) is 23.5 Å². The third kappa shape index (κ3) is 8.52. The molecular formula is C25H43N3O14S2. The molecule has 0 unspecified atom stereocenters. The van der Waals surface area contributed by atoms with Gasteiger partial charge in [-0.3, -0.25) is 14.4 Å². The average molecular weight is 674 g/mol. The average Bonchev–Trinajstić information content (AvgIpc) is 2.97. The largest absolute Gasteiger partial charge is 0.394 e. The molecule has 0 aliphatic carbocycles. The first kappa shape index (κ1) is 37.1. The Labute approximate surface area is 262 Å². The number of rotatable bonds is 11. The summed E-state index contributed by atoms with van der Waals surface area (Å²) in [7, 11) is 1.31. The third-order valence-electron chi connectivity index (χ3n) is 7.51. The summed E-state index contributed by atoms with van der Waals surface area (Å²) < 4.78 is 23.0. The molecule has 254 valence electrons. The topological polar surface area (TPSA) is 266 Å². The van der Waals surface area contributed by atoms with Gasteiger partial charge in [-0.2, -0.15) is 0 Å². The maximum absolute atomic E-state index is 12.2. The molecule has 17 nitrogen and oxygen atoms in total. The Morgan fingerprint density at radius 2 is 1.00 bits per heavy atom. The van der Waals surface area contributed by atoms with Crippen molar-refractivity contribution in [2.45, 2.75) is 109 Å². The van der Waals surface area contributed by atoms with E-state index in [2.05, 4.69) is 16.0 Å². The number of ether oxygens (including phenoxy) is 4.